The van der Waals surface area contributed by atoms with E-state index in [1.165, 1.54) is 0 Å². The van der Waals surface area contributed by atoms with Crippen LogP contribution in [0.1, 0.15) is 19.4 Å². The third-order valence-corrected chi connectivity index (χ3v) is 2.04. The predicted molar refractivity (Wildman–Crippen MR) is 49.8 cm³/mol. The first-order valence-corrected chi connectivity index (χ1v) is 4.17. The van der Waals surface area contributed by atoms with Crippen molar-refractivity contribution in [3.63, 3.8) is 0 Å². The first kappa shape index (κ1) is 9.75. The van der Waals surface area contributed by atoms with Crippen LogP contribution in [0.3, 0.4) is 0 Å². The van der Waals surface area contributed by atoms with Gasteiger partial charge in [-0.05, 0) is 13.8 Å². The maximum absolute atomic E-state index is 8.45. The van der Waals surface area contributed by atoms with Gasteiger partial charge in [0.1, 0.15) is 0 Å². The number of hydrogen-bond donors (Lipinski definition) is 1. The van der Waals surface area contributed by atoms with Crippen molar-refractivity contribution in [1.82, 2.24) is 15.1 Å². The molecule has 4 heteroatoms. The smallest absolute Gasteiger partial charge is 0.0847 e. The van der Waals surface area contributed by atoms with E-state index < -0.39 is 0 Å². The predicted octanol–water partition coefficient (Wildman–Crippen LogP) is 0.768. The summed E-state index contributed by atoms with van der Waals surface area (Å²) >= 11 is 0. The van der Waals surface area contributed by atoms with Gasteiger partial charge in [0.15, 0.2) is 0 Å². The number of aromatic nitrogens is 2. The minimum atomic E-state index is -0.190. The van der Waals surface area contributed by atoms with Crippen LogP contribution in [-0.4, -0.2) is 16.3 Å². The Hall–Kier alpha value is -1.34. The zero-order valence-electron chi connectivity index (χ0n) is 8.20. The maximum atomic E-state index is 8.45. The second-order valence-corrected chi connectivity index (χ2v) is 3.54. The summed E-state index contributed by atoms with van der Waals surface area (Å²) < 4.78 is 1.76. The topological polar surface area (TPSA) is 53.6 Å². The van der Waals surface area contributed by atoms with Crippen LogP contribution < -0.4 is 5.32 Å². The lowest BCUT2D eigenvalue weighted by Crippen LogP contribution is -2.36. The summed E-state index contributed by atoms with van der Waals surface area (Å²) in [7, 11) is 1.88. The number of hydrogen-bond acceptors (Lipinski definition) is 3. The van der Waals surface area contributed by atoms with Crippen LogP contribution in [-0.2, 0) is 12.6 Å². The average Bonchev–Trinajstić information content (AvgIpc) is 2.49. The average molecular weight is 178 g/mol. The van der Waals surface area contributed by atoms with Crippen molar-refractivity contribution in [3.8, 4) is 6.07 Å². The third-order valence-electron chi connectivity index (χ3n) is 2.04. The highest BCUT2D eigenvalue weighted by atomic mass is 15.2. The molecule has 0 fully saturated rings. The third kappa shape index (κ3) is 2.30. The molecular weight excluding hydrogens is 164 g/mol. The Labute approximate surface area is 78.2 Å². The molecule has 0 aliphatic rings. The first-order valence-electron chi connectivity index (χ1n) is 4.17. The molecule has 0 atom stereocenters. The number of nitrogens with one attached hydrogen (secondary N) is 1. The molecule has 1 rings (SSSR count). The van der Waals surface area contributed by atoms with Gasteiger partial charge in [-0.15, -0.1) is 0 Å². The zero-order chi connectivity index (χ0) is 9.90. The Morgan fingerprint density at radius 1 is 1.69 bits per heavy atom. The molecule has 0 spiro atoms. The van der Waals surface area contributed by atoms with Gasteiger partial charge in [0.05, 0.1) is 18.8 Å². The standard InChI is InChI=1S/C9H14N4/c1-9(2,11-5-4-10)8-6-12-13(3)7-8/h6-7,11H,5H2,1-3H3. The second kappa shape index (κ2) is 3.58. The van der Waals surface area contributed by atoms with E-state index in [1.54, 1.807) is 4.68 Å². The molecule has 0 aliphatic heterocycles. The summed E-state index contributed by atoms with van der Waals surface area (Å²) in [6.07, 6.45) is 3.76. The molecule has 0 unspecified atom stereocenters. The Bertz CT molecular complexity index is 319. The molecule has 0 radical (unpaired) electrons. The van der Waals surface area contributed by atoms with Gasteiger partial charge in [-0.3, -0.25) is 10.00 Å². The lowest BCUT2D eigenvalue weighted by molar-refractivity contribution is 0.427. The summed E-state index contributed by atoms with van der Waals surface area (Å²) in [5.41, 5.74) is 0.898. The van der Waals surface area contributed by atoms with E-state index in [-0.39, 0.29) is 5.54 Å². The van der Waals surface area contributed by atoms with Crippen LogP contribution in [0.5, 0.6) is 0 Å². The number of nitrogens with zero attached hydrogens (tertiary/aromatic N) is 3. The van der Waals surface area contributed by atoms with E-state index in [0.717, 1.165) is 5.56 Å². The van der Waals surface area contributed by atoms with Gasteiger partial charge >= 0.3 is 0 Å². The molecule has 0 aliphatic carbocycles. The van der Waals surface area contributed by atoms with Crippen molar-refractivity contribution in [1.29, 1.82) is 5.26 Å². The lowest BCUT2D eigenvalue weighted by atomic mass is 9.98. The number of nitriles is 1. The Balaban J connectivity index is 2.75. The normalized spacial score (nSPS) is 11.2. The minimum absolute atomic E-state index is 0.190. The van der Waals surface area contributed by atoms with Crippen molar-refractivity contribution in [2.45, 2.75) is 19.4 Å². The molecule has 1 aromatic heterocycles. The Kier molecular flexibility index (Phi) is 2.69. The number of rotatable bonds is 3. The molecule has 4 nitrogen and oxygen atoms in total. The Morgan fingerprint density at radius 3 is 2.85 bits per heavy atom. The summed E-state index contributed by atoms with van der Waals surface area (Å²) in [4.78, 5) is 0. The monoisotopic (exact) mass is 178 g/mol. The van der Waals surface area contributed by atoms with E-state index in [2.05, 4.69) is 16.5 Å². The largest absolute Gasteiger partial charge is 0.295 e. The summed E-state index contributed by atoms with van der Waals surface area (Å²) in [5.74, 6) is 0. The van der Waals surface area contributed by atoms with Gasteiger partial charge in [0, 0.05) is 24.3 Å². The fourth-order valence-corrected chi connectivity index (χ4v) is 1.11. The molecule has 13 heavy (non-hydrogen) atoms. The zero-order valence-corrected chi connectivity index (χ0v) is 8.20. The SMILES string of the molecule is Cn1cc(C(C)(C)NCC#N)cn1. The van der Waals surface area contributed by atoms with Crippen molar-refractivity contribution in [2.75, 3.05) is 6.54 Å². The summed E-state index contributed by atoms with van der Waals surface area (Å²) in [5, 5.41) is 15.7. The van der Waals surface area contributed by atoms with Crippen LogP contribution in [0.4, 0.5) is 0 Å². The van der Waals surface area contributed by atoms with Crippen LogP contribution in [0.25, 0.3) is 0 Å². The Morgan fingerprint density at radius 2 is 2.38 bits per heavy atom. The van der Waals surface area contributed by atoms with Gasteiger partial charge in [-0.1, -0.05) is 0 Å². The molecule has 70 valence electrons. The quantitative estimate of drug-likeness (QED) is 0.695. The van der Waals surface area contributed by atoms with E-state index in [1.807, 2.05) is 33.3 Å². The highest BCUT2D eigenvalue weighted by Gasteiger charge is 2.20. The summed E-state index contributed by atoms with van der Waals surface area (Å²) in [6, 6.07) is 2.06. The van der Waals surface area contributed by atoms with Crippen molar-refractivity contribution < 1.29 is 0 Å². The molecule has 1 N–H and O–H groups in total. The van der Waals surface area contributed by atoms with Crippen molar-refractivity contribution in [3.05, 3.63) is 18.0 Å². The molecule has 0 bridgehead atoms. The van der Waals surface area contributed by atoms with E-state index in [9.17, 15) is 0 Å². The van der Waals surface area contributed by atoms with Gasteiger partial charge in [0.2, 0.25) is 0 Å². The lowest BCUT2D eigenvalue weighted by Gasteiger charge is -2.23. The van der Waals surface area contributed by atoms with Gasteiger partial charge < -0.3 is 0 Å². The highest BCUT2D eigenvalue weighted by Crippen LogP contribution is 2.18. The van der Waals surface area contributed by atoms with Crippen molar-refractivity contribution >= 4 is 0 Å². The van der Waals surface area contributed by atoms with E-state index >= 15 is 0 Å². The molecular formula is C9H14N4. The molecule has 0 amide bonds. The number of aryl methyl sites for hydroxylation is 1. The fourth-order valence-electron chi connectivity index (χ4n) is 1.11. The van der Waals surface area contributed by atoms with Gasteiger partial charge in [-0.25, -0.2) is 0 Å². The van der Waals surface area contributed by atoms with Gasteiger partial charge in [-0.2, -0.15) is 10.4 Å². The second-order valence-electron chi connectivity index (χ2n) is 3.54. The molecule has 1 heterocycles. The minimum Gasteiger partial charge on any atom is -0.295 e. The van der Waals surface area contributed by atoms with Crippen LogP contribution in [0, 0.1) is 11.3 Å². The molecule has 1 aromatic rings. The first-order chi connectivity index (χ1) is 6.06. The van der Waals surface area contributed by atoms with Crippen LogP contribution in [0.15, 0.2) is 12.4 Å². The summed E-state index contributed by atoms with van der Waals surface area (Å²) in [6.45, 7) is 4.41. The van der Waals surface area contributed by atoms with Crippen LogP contribution >= 0.6 is 0 Å². The van der Waals surface area contributed by atoms with E-state index in [4.69, 9.17) is 5.26 Å². The van der Waals surface area contributed by atoms with E-state index in [0.29, 0.717) is 6.54 Å². The van der Waals surface area contributed by atoms with Crippen molar-refractivity contribution in [2.24, 2.45) is 7.05 Å². The molecule has 0 saturated heterocycles. The molecule has 0 aromatic carbocycles. The van der Waals surface area contributed by atoms with Crippen LogP contribution in [0.2, 0.25) is 0 Å². The van der Waals surface area contributed by atoms with Gasteiger partial charge in [0.25, 0.3) is 0 Å². The highest BCUT2D eigenvalue weighted by molar-refractivity contribution is 5.15. The molecule has 0 saturated carbocycles. The maximum Gasteiger partial charge on any atom is 0.0847 e. The fraction of sp³-hybridized carbons (Fsp3) is 0.556.